The average Bonchev–Trinajstić information content (AvgIpc) is 2.88. The van der Waals surface area contributed by atoms with Crippen LogP contribution < -0.4 is 10.6 Å². The molecule has 0 bridgehead atoms. The van der Waals surface area contributed by atoms with Gasteiger partial charge in [-0.05, 0) is 62.0 Å². The summed E-state index contributed by atoms with van der Waals surface area (Å²) in [6.45, 7) is 4.86. The molecule has 0 saturated carbocycles. The van der Waals surface area contributed by atoms with Gasteiger partial charge >= 0.3 is 0 Å². The van der Waals surface area contributed by atoms with Gasteiger partial charge < -0.3 is 10.6 Å². The minimum Gasteiger partial charge on any atom is -0.352 e. The molecule has 1 aromatic rings. The summed E-state index contributed by atoms with van der Waals surface area (Å²) in [5.74, 6) is 0.842. The molecule has 1 fully saturated rings. The highest BCUT2D eigenvalue weighted by Crippen LogP contribution is 2.16. The van der Waals surface area contributed by atoms with Gasteiger partial charge in [0.15, 0.2) is 0 Å². The first-order valence-electron chi connectivity index (χ1n) is 6.87. The SMILES string of the molecule is Cc1cc(Br)ccc1CNC(=O)CCC1CCNC1.Cl. The van der Waals surface area contributed by atoms with Crippen molar-refractivity contribution in [2.45, 2.75) is 32.7 Å². The molecular formula is C15H22BrClN2O. The first kappa shape index (κ1) is 17.5. The monoisotopic (exact) mass is 360 g/mol. The molecule has 1 saturated heterocycles. The van der Waals surface area contributed by atoms with E-state index in [-0.39, 0.29) is 18.3 Å². The molecular weight excluding hydrogens is 340 g/mol. The van der Waals surface area contributed by atoms with Gasteiger partial charge in [0, 0.05) is 17.4 Å². The van der Waals surface area contributed by atoms with Gasteiger partial charge in [-0.15, -0.1) is 12.4 Å². The summed E-state index contributed by atoms with van der Waals surface area (Å²) in [5, 5.41) is 6.34. The molecule has 112 valence electrons. The third-order valence-electron chi connectivity index (χ3n) is 3.72. The van der Waals surface area contributed by atoms with Crippen LogP contribution in [0, 0.1) is 12.8 Å². The Hall–Kier alpha value is -0.580. The van der Waals surface area contributed by atoms with Crippen molar-refractivity contribution in [3.63, 3.8) is 0 Å². The number of amides is 1. The van der Waals surface area contributed by atoms with Crippen molar-refractivity contribution in [3.05, 3.63) is 33.8 Å². The van der Waals surface area contributed by atoms with E-state index in [2.05, 4.69) is 45.6 Å². The van der Waals surface area contributed by atoms with Crippen LogP contribution in [0.4, 0.5) is 0 Å². The van der Waals surface area contributed by atoms with E-state index in [0.717, 1.165) is 24.0 Å². The number of carbonyl (C=O) groups is 1. The van der Waals surface area contributed by atoms with Crippen molar-refractivity contribution in [2.24, 2.45) is 5.92 Å². The minimum atomic E-state index is 0. The Balaban J connectivity index is 0.00000200. The van der Waals surface area contributed by atoms with Crippen molar-refractivity contribution in [1.29, 1.82) is 0 Å². The van der Waals surface area contributed by atoms with Gasteiger partial charge in [-0.1, -0.05) is 22.0 Å². The van der Waals surface area contributed by atoms with Crippen LogP contribution in [0.2, 0.25) is 0 Å². The predicted molar refractivity (Wildman–Crippen MR) is 88.2 cm³/mol. The van der Waals surface area contributed by atoms with Crippen molar-refractivity contribution >= 4 is 34.2 Å². The molecule has 0 radical (unpaired) electrons. The Kier molecular flexibility index (Phi) is 7.56. The highest BCUT2D eigenvalue weighted by molar-refractivity contribution is 9.10. The lowest BCUT2D eigenvalue weighted by Gasteiger charge is -2.10. The Morgan fingerprint density at radius 2 is 2.30 bits per heavy atom. The summed E-state index contributed by atoms with van der Waals surface area (Å²) >= 11 is 3.45. The van der Waals surface area contributed by atoms with Crippen molar-refractivity contribution in [3.8, 4) is 0 Å². The van der Waals surface area contributed by atoms with Crippen LogP contribution in [0.1, 0.15) is 30.4 Å². The van der Waals surface area contributed by atoms with E-state index >= 15 is 0 Å². The molecule has 5 heteroatoms. The van der Waals surface area contributed by atoms with Crippen LogP contribution in [0.15, 0.2) is 22.7 Å². The third kappa shape index (κ3) is 5.43. The largest absolute Gasteiger partial charge is 0.352 e. The maximum atomic E-state index is 11.8. The molecule has 2 N–H and O–H groups in total. The second-order valence-electron chi connectivity index (χ2n) is 5.25. The smallest absolute Gasteiger partial charge is 0.220 e. The molecule has 1 aliphatic rings. The van der Waals surface area contributed by atoms with Gasteiger partial charge in [0.05, 0.1) is 0 Å². The zero-order chi connectivity index (χ0) is 13.7. The summed E-state index contributed by atoms with van der Waals surface area (Å²) in [7, 11) is 0. The van der Waals surface area contributed by atoms with Crippen molar-refractivity contribution in [2.75, 3.05) is 13.1 Å². The van der Waals surface area contributed by atoms with E-state index in [1.54, 1.807) is 0 Å². The molecule has 3 nitrogen and oxygen atoms in total. The normalized spacial score (nSPS) is 17.6. The number of hydrogen-bond acceptors (Lipinski definition) is 2. The van der Waals surface area contributed by atoms with E-state index in [4.69, 9.17) is 0 Å². The fraction of sp³-hybridized carbons (Fsp3) is 0.533. The van der Waals surface area contributed by atoms with Gasteiger partial charge in [-0.2, -0.15) is 0 Å². The average molecular weight is 362 g/mol. The predicted octanol–water partition coefficient (Wildman–Crippen LogP) is 3.19. The van der Waals surface area contributed by atoms with Gasteiger partial charge in [0.1, 0.15) is 0 Å². The molecule has 1 amide bonds. The van der Waals surface area contributed by atoms with Crippen molar-refractivity contribution in [1.82, 2.24) is 10.6 Å². The van der Waals surface area contributed by atoms with Crippen LogP contribution in [-0.4, -0.2) is 19.0 Å². The summed E-state index contributed by atoms with van der Waals surface area (Å²) in [6, 6.07) is 6.14. The summed E-state index contributed by atoms with van der Waals surface area (Å²) in [6.07, 6.45) is 2.85. The lowest BCUT2D eigenvalue weighted by molar-refractivity contribution is -0.121. The summed E-state index contributed by atoms with van der Waals surface area (Å²) < 4.78 is 1.08. The van der Waals surface area contributed by atoms with E-state index < -0.39 is 0 Å². The molecule has 1 unspecified atom stereocenters. The maximum absolute atomic E-state index is 11.8. The fourth-order valence-corrected chi connectivity index (χ4v) is 2.91. The minimum absolute atomic E-state index is 0. The van der Waals surface area contributed by atoms with Crippen LogP contribution in [-0.2, 0) is 11.3 Å². The second-order valence-corrected chi connectivity index (χ2v) is 6.16. The van der Waals surface area contributed by atoms with E-state index in [1.165, 1.54) is 17.5 Å². The first-order valence-corrected chi connectivity index (χ1v) is 7.67. The van der Waals surface area contributed by atoms with Crippen molar-refractivity contribution < 1.29 is 4.79 Å². The summed E-state index contributed by atoms with van der Waals surface area (Å²) in [4.78, 5) is 11.8. The van der Waals surface area contributed by atoms with Crippen LogP contribution in [0.5, 0.6) is 0 Å². The molecule has 2 rings (SSSR count). The van der Waals surface area contributed by atoms with E-state index in [9.17, 15) is 4.79 Å². The Labute approximate surface area is 135 Å². The molecule has 1 heterocycles. The third-order valence-corrected chi connectivity index (χ3v) is 4.22. The zero-order valence-corrected chi connectivity index (χ0v) is 14.1. The highest BCUT2D eigenvalue weighted by Gasteiger charge is 2.15. The second kappa shape index (κ2) is 8.65. The quantitative estimate of drug-likeness (QED) is 0.845. The molecule has 0 aliphatic carbocycles. The van der Waals surface area contributed by atoms with Crippen LogP contribution >= 0.6 is 28.3 Å². The molecule has 1 aliphatic heterocycles. The van der Waals surface area contributed by atoms with Gasteiger partial charge in [-0.25, -0.2) is 0 Å². The zero-order valence-electron chi connectivity index (χ0n) is 11.7. The Morgan fingerprint density at radius 3 is 2.95 bits per heavy atom. The van der Waals surface area contributed by atoms with E-state index in [1.807, 2.05) is 6.07 Å². The number of rotatable bonds is 5. The van der Waals surface area contributed by atoms with Gasteiger partial charge in [0.25, 0.3) is 0 Å². The number of nitrogens with one attached hydrogen (secondary N) is 2. The lowest BCUT2D eigenvalue weighted by atomic mass is 10.0. The summed E-state index contributed by atoms with van der Waals surface area (Å²) in [5.41, 5.74) is 2.38. The van der Waals surface area contributed by atoms with Gasteiger partial charge in [-0.3, -0.25) is 4.79 Å². The number of carbonyl (C=O) groups excluding carboxylic acids is 1. The molecule has 0 spiro atoms. The van der Waals surface area contributed by atoms with Crippen LogP contribution in [0.25, 0.3) is 0 Å². The molecule has 1 atom stereocenters. The first-order chi connectivity index (χ1) is 9.15. The topological polar surface area (TPSA) is 41.1 Å². The Bertz CT molecular complexity index is 447. The number of halogens is 2. The van der Waals surface area contributed by atoms with Crippen LogP contribution in [0.3, 0.4) is 0 Å². The van der Waals surface area contributed by atoms with E-state index in [0.29, 0.717) is 18.9 Å². The number of aryl methyl sites for hydroxylation is 1. The number of benzene rings is 1. The van der Waals surface area contributed by atoms with Gasteiger partial charge in [0.2, 0.25) is 5.91 Å². The molecule has 1 aromatic carbocycles. The number of hydrogen-bond donors (Lipinski definition) is 2. The molecule has 0 aromatic heterocycles. The highest BCUT2D eigenvalue weighted by atomic mass is 79.9. The maximum Gasteiger partial charge on any atom is 0.220 e. The fourth-order valence-electron chi connectivity index (χ4n) is 2.44. The standard InChI is InChI=1S/C15H21BrN2O.ClH/c1-11-8-14(16)4-3-13(11)10-18-15(19)5-2-12-6-7-17-9-12;/h3-4,8,12,17H,2,5-7,9-10H2,1H3,(H,18,19);1H. The molecule has 20 heavy (non-hydrogen) atoms. The Morgan fingerprint density at radius 1 is 1.50 bits per heavy atom. The lowest BCUT2D eigenvalue weighted by Crippen LogP contribution is -2.23.